The zero-order valence-electron chi connectivity index (χ0n) is 8.79. The normalized spacial score (nSPS) is 25.1. The SMILES string of the molecule is CN1C[C@@H](O)c2cc(O)ccc2[C@H]1C(=O)O. The molecular weight excluding hydrogens is 210 g/mol. The van der Waals surface area contributed by atoms with Gasteiger partial charge in [0, 0.05) is 6.54 Å². The number of carboxylic acids is 1. The smallest absolute Gasteiger partial charge is 0.325 e. The van der Waals surface area contributed by atoms with Gasteiger partial charge in [-0.3, -0.25) is 9.69 Å². The van der Waals surface area contributed by atoms with E-state index >= 15 is 0 Å². The minimum Gasteiger partial charge on any atom is -0.508 e. The molecular formula is C11H13NO4. The third-order valence-corrected chi connectivity index (χ3v) is 2.86. The molecule has 0 saturated heterocycles. The van der Waals surface area contributed by atoms with Crippen molar-refractivity contribution >= 4 is 5.97 Å². The van der Waals surface area contributed by atoms with Gasteiger partial charge in [0.1, 0.15) is 11.8 Å². The van der Waals surface area contributed by atoms with Crippen LogP contribution < -0.4 is 0 Å². The summed E-state index contributed by atoms with van der Waals surface area (Å²) in [4.78, 5) is 12.7. The maximum absolute atomic E-state index is 11.1. The fourth-order valence-corrected chi connectivity index (χ4v) is 2.14. The monoisotopic (exact) mass is 223 g/mol. The summed E-state index contributed by atoms with van der Waals surface area (Å²) in [6, 6.07) is 3.63. The maximum atomic E-state index is 11.1. The summed E-state index contributed by atoms with van der Waals surface area (Å²) in [5.74, 6) is -0.923. The van der Waals surface area contributed by atoms with Gasteiger partial charge in [-0.05, 0) is 30.3 Å². The van der Waals surface area contributed by atoms with Crippen molar-refractivity contribution in [2.24, 2.45) is 0 Å². The number of aromatic hydroxyl groups is 1. The molecule has 0 radical (unpaired) electrons. The number of aliphatic hydroxyl groups is 1. The quantitative estimate of drug-likeness (QED) is 0.645. The number of aliphatic carboxylic acids is 1. The first-order valence-electron chi connectivity index (χ1n) is 4.94. The summed E-state index contributed by atoms with van der Waals surface area (Å²) in [5, 5.41) is 28.3. The van der Waals surface area contributed by atoms with Crippen LogP contribution in [0.15, 0.2) is 18.2 Å². The van der Waals surface area contributed by atoms with Gasteiger partial charge in [0.15, 0.2) is 0 Å². The average Bonchev–Trinajstić information content (AvgIpc) is 2.18. The number of carboxylic acid groups (broad SMARTS) is 1. The Hall–Kier alpha value is -1.59. The van der Waals surface area contributed by atoms with Crippen molar-refractivity contribution in [3.63, 3.8) is 0 Å². The first-order valence-corrected chi connectivity index (χ1v) is 4.94. The van der Waals surface area contributed by atoms with E-state index in [4.69, 9.17) is 5.11 Å². The number of phenolic OH excluding ortho intramolecular Hbond substituents is 1. The molecule has 0 saturated carbocycles. The number of aliphatic hydroxyl groups excluding tert-OH is 1. The fourth-order valence-electron chi connectivity index (χ4n) is 2.14. The van der Waals surface area contributed by atoms with E-state index in [-0.39, 0.29) is 12.3 Å². The molecule has 0 amide bonds. The second kappa shape index (κ2) is 3.77. The van der Waals surface area contributed by atoms with Crippen molar-refractivity contribution in [3.05, 3.63) is 29.3 Å². The standard InChI is InChI=1S/C11H13NO4/c1-12-5-9(14)8-4-6(13)2-3-7(8)10(12)11(15)16/h2-4,9-10,13-14H,5H2,1H3,(H,15,16)/t9-,10+/m1/s1. The Labute approximate surface area is 92.6 Å². The van der Waals surface area contributed by atoms with Gasteiger partial charge in [-0.2, -0.15) is 0 Å². The lowest BCUT2D eigenvalue weighted by atomic mass is 9.91. The molecule has 0 aliphatic carbocycles. The Kier molecular flexibility index (Phi) is 2.57. The topological polar surface area (TPSA) is 81.0 Å². The lowest BCUT2D eigenvalue weighted by Crippen LogP contribution is -2.39. The van der Waals surface area contributed by atoms with Gasteiger partial charge in [0.05, 0.1) is 6.10 Å². The second-order valence-electron chi connectivity index (χ2n) is 4.01. The third kappa shape index (κ3) is 1.64. The first kappa shape index (κ1) is 10.9. The van der Waals surface area contributed by atoms with E-state index in [9.17, 15) is 15.0 Å². The Balaban J connectivity index is 2.54. The molecule has 5 nitrogen and oxygen atoms in total. The number of hydrogen-bond acceptors (Lipinski definition) is 4. The molecule has 1 heterocycles. The van der Waals surface area contributed by atoms with Crippen LogP contribution in [0.5, 0.6) is 5.75 Å². The van der Waals surface area contributed by atoms with Crippen molar-refractivity contribution in [2.75, 3.05) is 13.6 Å². The van der Waals surface area contributed by atoms with Crippen LogP contribution in [0.1, 0.15) is 23.3 Å². The highest BCUT2D eigenvalue weighted by Crippen LogP contribution is 2.35. The maximum Gasteiger partial charge on any atom is 0.325 e. The highest BCUT2D eigenvalue weighted by Gasteiger charge is 2.34. The van der Waals surface area contributed by atoms with Crippen molar-refractivity contribution in [1.29, 1.82) is 0 Å². The van der Waals surface area contributed by atoms with Crippen molar-refractivity contribution in [2.45, 2.75) is 12.1 Å². The molecule has 0 bridgehead atoms. The van der Waals surface area contributed by atoms with E-state index in [1.54, 1.807) is 18.0 Å². The molecule has 16 heavy (non-hydrogen) atoms. The van der Waals surface area contributed by atoms with Crippen LogP contribution in [0.4, 0.5) is 0 Å². The molecule has 1 aliphatic heterocycles. The summed E-state index contributed by atoms with van der Waals surface area (Å²) >= 11 is 0. The second-order valence-corrected chi connectivity index (χ2v) is 4.01. The number of nitrogens with zero attached hydrogens (tertiary/aromatic N) is 1. The Morgan fingerprint density at radius 3 is 2.75 bits per heavy atom. The molecule has 1 aliphatic rings. The van der Waals surface area contributed by atoms with Gasteiger partial charge in [0.2, 0.25) is 0 Å². The number of rotatable bonds is 1. The molecule has 3 N–H and O–H groups in total. The largest absolute Gasteiger partial charge is 0.508 e. The van der Waals surface area contributed by atoms with Gasteiger partial charge < -0.3 is 15.3 Å². The van der Waals surface area contributed by atoms with E-state index in [0.717, 1.165) is 0 Å². The van der Waals surface area contributed by atoms with E-state index in [1.165, 1.54) is 12.1 Å². The van der Waals surface area contributed by atoms with E-state index < -0.39 is 18.1 Å². The molecule has 5 heteroatoms. The lowest BCUT2D eigenvalue weighted by Gasteiger charge is -2.34. The zero-order valence-corrected chi connectivity index (χ0v) is 8.79. The number of likely N-dealkylation sites (N-methyl/N-ethyl adjacent to an activating group) is 1. The van der Waals surface area contributed by atoms with Crippen LogP contribution >= 0.6 is 0 Å². The fraction of sp³-hybridized carbons (Fsp3) is 0.364. The first-order chi connectivity index (χ1) is 7.50. The van der Waals surface area contributed by atoms with E-state index in [1.807, 2.05) is 0 Å². The van der Waals surface area contributed by atoms with E-state index in [0.29, 0.717) is 11.1 Å². The summed E-state index contributed by atoms with van der Waals surface area (Å²) in [5.41, 5.74) is 1.03. The highest BCUT2D eigenvalue weighted by atomic mass is 16.4. The van der Waals surface area contributed by atoms with Crippen LogP contribution in [0, 0.1) is 0 Å². The Morgan fingerprint density at radius 1 is 1.44 bits per heavy atom. The summed E-state index contributed by atoms with van der Waals surface area (Å²) in [7, 11) is 1.65. The minimum absolute atomic E-state index is 0.0338. The van der Waals surface area contributed by atoms with Gasteiger partial charge in [-0.1, -0.05) is 6.07 Å². The molecule has 0 unspecified atom stereocenters. The summed E-state index contributed by atoms with van der Waals surface area (Å²) in [6.45, 7) is 0.243. The molecule has 0 spiro atoms. The van der Waals surface area contributed by atoms with Crippen molar-refractivity contribution in [3.8, 4) is 5.75 Å². The molecule has 0 aromatic heterocycles. The Morgan fingerprint density at radius 2 is 2.12 bits per heavy atom. The number of hydrogen-bond donors (Lipinski definition) is 3. The number of carbonyl (C=O) groups is 1. The minimum atomic E-state index is -0.957. The molecule has 2 rings (SSSR count). The van der Waals surface area contributed by atoms with Gasteiger partial charge in [-0.15, -0.1) is 0 Å². The summed E-state index contributed by atoms with van der Waals surface area (Å²) < 4.78 is 0. The number of benzene rings is 1. The zero-order chi connectivity index (χ0) is 11.9. The summed E-state index contributed by atoms with van der Waals surface area (Å²) in [6.07, 6.45) is -0.761. The molecule has 1 aromatic rings. The lowest BCUT2D eigenvalue weighted by molar-refractivity contribution is -0.144. The molecule has 2 atom stereocenters. The van der Waals surface area contributed by atoms with Gasteiger partial charge in [-0.25, -0.2) is 0 Å². The number of phenols is 1. The van der Waals surface area contributed by atoms with Crippen LogP contribution in [0.3, 0.4) is 0 Å². The van der Waals surface area contributed by atoms with Gasteiger partial charge in [0.25, 0.3) is 0 Å². The molecule has 0 fully saturated rings. The molecule has 1 aromatic carbocycles. The Bertz CT molecular complexity index is 432. The predicted octanol–water partition coefficient (Wildman–Crippen LogP) is 0.497. The average molecular weight is 223 g/mol. The third-order valence-electron chi connectivity index (χ3n) is 2.86. The number of fused-ring (bicyclic) bond motifs is 1. The van der Waals surface area contributed by atoms with Crippen LogP contribution in [-0.4, -0.2) is 39.8 Å². The van der Waals surface area contributed by atoms with Gasteiger partial charge >= 0.3 is 5.97 Å². The van der Waals surface area contributed by atoms with Crippen LogP contribution in [0.2, 0.25) is 0 Å². The highest BCUT2D eigenvalue weighted by molar-refractivity contribution is 5.76. The predicted molar refractivity (Wildman–Crippen MR) is 56.1 cm³/mol. The van der Waals surface area contributed by atoms with E-state index in [2.05, 4.69) is 0 Å². The molecule has 86 valence electrons. The number of β-amino-alcohol motifs (C(OH)–C–C–N with tert-alkyl or cyclic N) is 1. The van der Waals surface area contributed by atoms with Crippen molar-refractivity contribution < 1.29 is 20.1 Å². The van der Waals surface area contributed by atoms with Crippen molar-refractivity contribution in [1.82, 2.24) is 4.90 Å². The van der Waals surface area contributed by atoms with Crippen LogP contribution in [0.25, 0.3) is 0 Å². The van der Waals surface area contributed by atoms with Crippen LogP contribution in [-0.2, 0) is 4.79 Å².